The van der Waals surface area contributed by atoms with Crippen molar-refractivity contribution in [2.45, 2.75) is 87.0 Å². The zero-order chi connectivity index (χ0) is 32.5. The lowest BCUT2D eigenvalue weighted by Gasteiger charge is -2.40. The Balaban J connectivity index is 0.000000693. The zero-order valence-electron chi connectivity index (χ0n) is 28.8. The van der Waals surface area contributed by atoms with Crippen LogP contribution in [0.1, 0.15) is 81.5 Å². The molecule has 0 amide bonds. The molecular formula is C40H54BNO3. The molecule has 0 aliphatic rings. The predicted molar refractivity (Wildman–Crippen MR) is 192 cm³/mol. The van der Waals surface area contributed by atoms with Crippen molar-refractivity contribution in [2.75, 3.05) is 19.6 Å². The molecule has 0 aromatic heterocycles. The van der Waals surface area contributed by atoms with E-state index in [1.54, 1.807) is 0 Å². The lowest BCUT2D eigenvalue weighted by atomic mass is 10.1. The molecule has 0 aliphatic carbocycles. The quantitative estimate of drug-likeness (QED) is 0.0721. The minimum Gasteiger partial charge on any atom is -0.490 e. The molecule has 240 valence electrons. The first-order valence-corrected chi connectivity index (χ1v) is 16.8. The van der Waals surface area contributed by atoms with Gasteiger partial charge < -0.3 is 14.0 Å². The third-order valence-electron chi connectivity index (χ3n) is 8.06. The van der Waals surface area contributed by atoms with Crippen LogP contribution in [-0.4, -0.2) is 27.0 Å². The lowest BCUT2D eigenvalue weighted by Crippen LogP contribution is -2.52. The number of nitrogens with zero attached hydrogens (tertiary/aromatic N) is 1. The highest BCUT2D eigenvalue weighted by atomic mass is 16.7. The fourth-order valence-corrected chi connectivity index (χ4v) is 5.28. The van der Waals surface area contributed by atoms with Gasteiger partial charge in [0.05, 0.1) is 19.6 Å². The first kappa shape index (κ1) is 35.8. The van der Waals surface area contributed by atoms with Gasteiger partial charge in [-0.1, -0.05) is 88.4 Å². The highest BCUT2D eigenvalue weighted by Gasteiger charge is 2.37. The van der Waals surface area contributed by atoms with E-state index >= 15 is 0 Å². The number of rotatable bonds is 16. The van der Waals surface area contributed by atoms with Gasteiger partial charge in [-0.25, -0.2) is 0 Å². The molecule has 4 rings (SSSR count). The highest BCUT2D eigenvalue weighted by molar-refractivity contribution is 6.39. The number of benzene rings is 4. The summed E-state index contributed by atoms with van der Waals surface area (Å²) in [6, 6.07) is 33.4. The van der Waals surface area contributed by atoms with E-state index in [1.807, 2.05) is 72.8 Å². The number of aryl methyl sites for hydroxylation is 4. The number of hydrogen-bond donors (Lipinski definition) is 0. The molecule has 0 radical (unpaired) electrons. The van der Waals surface area contributed by atoms with Crippen molar-refractivity contribution in [1.29, 1.82) is 0 Å². The molecule has 0 fully saturated rings. The largest absolute Gasteiger partial charge is 0.864 e. The van der Waals surface area contributed by atoms with E-state index < -0.39 is 7.32 Å². The van der Waals surface area contributed by atoms with Crippen molar-refractivity contribution in [3.63, 3.8) is 0 Å². The van der Waals surface area contributed by atoms with Gasteiger partial charge in [-0.3, -0.25) is 4.48 Å². The fraction of sp³-hybridized carbons (Fsp3) is 0.400. The molecule has 45 heavy (non-hydrogen) atoms. The molecule has 0 saturated carbocycles. The maximum Gasteiger partial charge on any atom is 0.864 e. The molecule has 4 nitrogen and oxygen atoms in total. The summed E-state index contributed by atoms with van der Waals surface area (Å²) >= 11 is 0. The van der Waals surface area contributed by atoms with E-state index in [0.717, 1.165) is 29.9 Å². The maximum absolute atomic E-state index is 6.65. The van der Waals surface area contributed by atoms with Crippen LogP contribution in [0.25, 0.3) is 0 Å². The van der Waals surface area contributed by atoms with E-state index in [0.29, 0.717) is 11.5 Å². The molecule has 4 aromatic carbocycles. The van der Waals surface area contributed by atoms with Crippen LogP contribution < -0.4 is 18.4 Å². The van der Waals surface area contributed by atoms with Crippen LogP contribution in [0.5, 0.6) is 17.2 Å². The van der Waals surface area contributed by atoms with Crippen molar-refractivity contribution in [2.24, 2.45) is 0 Å². The summed E-state index contributed by atoms with van der Waals surface area (Å²) in [5.74, 6) is 2.26. The van der Waals surface area contributed by atoms with E-state index in [2.05, 4.69) is 72.7 Å². The van der Waals surface area contributed by atoms with Gasteiger partial charge in [0.2, 0.25) is 0 Å². The van der Waals surface area contributed by atoms with Gasteiger partial charge in [-0.2, -0.15) is 35.9 Å². The van der Waals surface area contributed by atoms with E-state index in [-0.39, 0.29) is 0 Å². The lowest BCUT2D eigenvalue weighted by molar-refractivity contribution is 0.248. The molecule has 0 N–H and O–H groups in total. The standard InChI is InChI=1S/C33H47BNO3.C7H7/c1-7-10-23-35(24-11-8-2,25-12-9-3)32-26-29(6)17-22-33(32)38-34(36-30-18-13-27(4)14-19-30)37-31-20-15-28(5)16-21-31;1-7-5-3-2-4-6-7/h13-22,26H,7-12,23-25H2,1-6H3;3-6H,1H3/q+1;-1. The number of quaternary nitrogens is 1. The molecule has 0 spiro atoms. The van der Waals surface area contributed by atoms with E-state index in [9.17, 15) is 0 Å². The van der Waals surface area contributed by atoms with Gasteiger partial charge in [0, 0.05) is 6.07 Å². The van der Waals surface area contributed by atoms with Gasteiger partial charge in [-0.15, -0.1) is 0 Å². The second kappa shape index (κ2) is 19.0. The third-order valence-corrected chi connectivity index (χ3v) is 8.06. The van der Waals surface area contributed by atoms with E-state index in [1.165, 1.54) is 66.5 Å². The van der Waals surface area contributed by atoms with Crippen molar-refractivity contribution in [1.82, 2.24) is 4.48 Å². The molecule has 0 heterocycles. The average Bonchev–Trinajstić information content (AvgIpc) is 3.04. The number of unbranched alkanes of at least 4 members (excludes halogenated alkanes) is 3. The summed E-state index contributed by atoms with van der Waals surface area (Å²) in [5, 5.41) is 0. The SMILES string of the molecule is CCCC[N+](CCCC)(CCCC)c1cc(C)ccc1OB(Oc1ccc(C)cc1)Oc1ccc(C)cc1.Cc1cc[c-]cc1. The molecule has 5 heteroatoms. The summed E-state index contributed by atoms with van der Waals surface area (Å²) < 4.78 is 20.2. The second-order valence-corrected chi connectivity index (χ2v) is 12.2. The molecule has 0 unspecified atom stereocenters. The van der Waals surface area contributed by atoms with Crippen LogP contribution in [-0.2, 0) is 0 Å². The van der Waals surface area contributed by atoms with Crippen LogP contribution in [0.2, 0.25) is 0 Å². The predicted octanol–water partition coefficient (Wildman–Crippen LogP) is 10.6. The van der Waals surface area contributed by atoms with Crippen molar-refractivity contribution in [3.05, 3.63) is 119 Å². The molecule has 0 aliphatic heterocycles. The fourth-order valence-electron chi connectivity index (χ4n) is 5.28. The number of hydrogen-bond acceptors (Lipinski definition) is 3. The second-order valence-electron chi connectivity index (χ2n) is 12.2. The van der Waals surface area contributed by atoms with Crippen molar-refractivity contribution >= 4 is 13.0 Å². The Morgan fingerprint density at radius 1 is 0.533 bits per heavy atom. The van der Waals surface area contributed by atoms with Gasteiger partial charge in [-0.05, 0) is 75.9 Å². The zero-order valence-corrected chi connectivity index (χ0v) is 28.8. The molecule has 0 saturated heterocycles. The minimum atomic E-state index is -0.924. The van der Waals surface area contributed by atoms with Crippen LogP contribution in [0.3, 0.4) is 0 Å². The summed E-state index contributed by atoms with van der Waals surface area (Å²) in [6.07, 6.45) is 7.08. The summed E-state index contributed by atoms with van der Waals surface area (Å²) in [4.78, 5) is 0. The van der Waals surface area contributed by atoms with Gasteiger partial charge in [0.1, 0.15) is 11.5 Å². The summed E-state index contributed by atoms with van der Waals surface area (Å²) in [6.45, 7) is 18.5. The van der Waals surface area contributed by atoms with Crippen molar-refractivity contribution in [3.8, 4) is 17.2 Å². The van der Waals surface area contributed by atoms with Crippen LogP contribution in [0.4, 0.5) is 5.69 Å². The Morgan fingerprint density at radius 3 is 1.36 bits per heavy atom. The van der Waals surface area contributed by atoms with Crippen LogP contribution in [0, 0.1) is 33.8 Å². The van der Waals surface area contributed by atoms with Crippen LogP contribution in [0.15, 0.2) is 91.0 Å². The Labute approximate surface area is 274 Å². The Bertz CT molecular complexity index is 1300. The monoisotopic (exact) mass is 607 g/mol. The molecular weight excluding hydrogens is 553 g/mol. The summed E-state index contributed by atoms with van der Waals surface area (Å²) in [7, 11) is -0.924. The first-order valence-electron chi connectivity index (χ1n) is 16.8. The topological polar surface area (TPSA) is 27.7 Å². The first-order chi connectivity index (χ1) is 21.8. The average molecular weight is 608 g/mol. The van der Waals surface area contributed by atoms with Gasteiger partial charge in [0.15, 0.2) is 11.4 Å². The molecule has 0 atom stereocenters. The smallest absolute Gasteiger partial charge is 0.490 e. The molecule has 0 bridgehead atoms. The Kier molecular flexibility index (Phi) is 15.1. The van der Waals surface area contributed by atoms with Gasteiger partial charge >= 0.3 is 7.32 Å². The normalized spacial score (nSPS) is 10.9. The Morgan fingerprint density at radius 2 is 0.956 bits per heavy atom. The highest BCUT2D eigenvalue weighted by Crippen LogP contribution is 2.37. The minimum absolute atomic E-state index is 0.713. The van der Waals surface area contributed by atoms with Crippen LogP contribution >= 0.6 is 0 Å². The van der Waals surface area contributed by atoms with Crippen molar-refractivity contribution < 1.29 is 14.0 Å². The summed E-state index contributed by atoms with van der Waals surface area (Å²) in [5.41, 5.74) is 6.14. The third kappa shape index (κ3) is 12.0. The molecule has 4 aromatic rings. The van der Waals surface area contributed by atoms with Gasteiger partial charge in [0.25, 0.3) is 0 Å². The Hall–Kier alpha value is -3.70. The maximum atomic E-state index is 6.65. The van der Waals surface area contributed by atoms with E-state index in [4.69, 9.17) is 14.0 Å².